The Morgan fingerprint density at radius 1 is 1.22 bits per heavy atom. The van der Waals surface area contributed by atoms with Crippen molar-refractivity contribution in [2.24, 2.45) is 0 Å². The van der Waals surface area contributed by atoms with Crippen LogP contribution in [0.25, 0.3) is 0 Å². The third-order valence-electron chi connectivity index (χ3n) is 3.67. The van der Waals surface area contributed by atoms with Gasteiger partial charge in [0.05, 0.1) is 10.5 Å². The van der Waals surface area contributed by atoms with Crippen LogP contribution in [-0.4, -0.2) is 24.4 Å². The van der Waals surface area contributed by atoms with Gasteiger partial charge in [0.25, 0.3) is 11.6 Å². The van der Waals surface area contributed by atoms with Gasteiger partial charge in [0.15, 0.2) is 0 Å². The molecule has 0 fully saturated rings. The van der Waals surface area contributed by atoms with E-state index in [4.69, 9.17) is 0 Å². The molecule has 6 heteroatoms. The molecule has 0 radical (unpaired) electrons. The standard InChI is InChI=1S/C17H19N3O3/c1-12(13-6-4-3-5-7-13)11-19-17(21)15-10-14(20(22)23)8-9-16(15)18-2/h3-10,12,18H,11H2,1-2H3,(H,19,21). The number of carbonyl (C=O) groups is 1. The van der Waals surface area contributed by atoms with Crippen LogP contribution in [0.4, 0.5) is 11.4 Å². The minimum atomic E-state index is -0.511. The van der Waals surface area contributed by atoms with Gasteiger partial charge in [0.2, 0.25) is 0 Å². The average molecular weight is 313 g/mol. The molecule has 0 saturated heterocycles. The fourth-order valence-electron chi connectivity index (χ4n) is 2.29. The zero-order valence-corrected chi connectivity index (χ0v) is 13.1. The predicted molar refractivity (Wildman–Crippen MR) is 89.8 cm³/mol. The largest absolute Gasteiger partial charge is 0.387 e. The van der Waals surface area contributed by atoms with Crippen molar-refractivity contribution < 1.29 is 9.72 Å². The summed E-state index contributed by atoms with van der Waals surface area (Å²) in [5.74, 6) is -0.183. The Morgan fingerprint density at radius 3 is 2.52 bits per heavy atom. The van der Waals surface area contributed by atoms with Crippen molar-refractivity contribution in [3.8, 4) is 0 Å². The van der Waals surface area contributed by atoms with Gasteiger partial charge in [-0.25, -0.2) is 0 Å². The van der Waals surface area contributed by atoms with Gasteiger partial charge in [-0.3, -0.25) is 14.9 Å². The van der Waals surface area contributed by atoms with Gasteiger partial charge in [0.1, 0.15) is 0 Å². The normalized spacial score (nSPS) is 11.6. The highest BCUT2D eigenvalue weighted by Gasteiger charge is 2.17. The number of anilines is 1. The van der Waals surface area contributed by atoms with Crippen LogP contribution in [0.15, 0.2) is 48.5 Å². The first kappa shape index (κ1) is 16.5. The molecular formula is C17H19N3O3. The Hall–Kier alpha value is -2.89. The van der Waals surface area contributed by atoms with Crippen LogP contribution in [0, 0.1) is 10.1 Å². The van der Waals surface area contributed by atoms with Gasteiger partial charge < -0.3 is 10.6 Å². The number of hydrogen-bond acceptors (Lipinski definition) is 4. The van der Waals surface area contributed by atoms with Crippen molar-refractivity contribution in [1.82, 2.24) is 5.32 Å². The van der Waals surface area contributed by atoms with E-state index in [2.05, 4.69) is 10.6 Å². The van der Waals surface area contributed by atoms with Crippen molar-refractivity contribution in [2.75, 3.05) is 18.9 Å². The first-order valence-corrected chi connectivity index (χ1v) is 7.32. The van der Waals surface area contributed by atoms with Crippen LogP contribution in [0.5, 0.6) is 0 Å². The van der Waals surface area contributed by atoms with E-state index in [1.807, 2.05) is 37.3 Å². The minimum absolute atomic E-state index is 0.106. The number of nitrogens with one attached hydrogen (secondary N) is 2. The highest BCUT2D eigenvalue weighted by molar-refractivity contribution is 6.00. The molecule has 6 nitrogen and oxygen atoms in total. The summed E-state index contributed by atoms with van der Waals surface area (Å²) in [5.41, 5.74) is 1.84. The summed E-state index contributed by atoms with van der Waals surface area (Å²) >= 11 is 0. The molecule has 1 amide bonds. The Bertz CT molecular complexity index is 701. The number of non-ortho nitro benzene ring substituents is 1. The Balaban J connectivity index is 2.11. The molecule has 0 saturated carbocycles. The van der Waals surface area contributed by atoms with Gasteiger partial charge in [-0.15, -0.1) is 0 Å². The molecule has 0 aromatic heterocycles. The van der Waals surface area contributed by atoms with Gasteiger partial charge in [-0.2, -0.15) is 0 Å². The summed E-state index contributed by atoms with van der Waals surface area (Å²) in [5, 5.41) is 16.6. The van der Waals surface area contributed by atoms with Crippen LogP contribution in [0.3, 0.4) is 0 Å². The maximum absolute atomic E-state index is 12.4. The smallest absolute Gasteiger partial charge is 0.270 e. The molecule has 120 valence electrons. The molecule has 0 bridgehead atoms. The van der Waals surface area contributed by atoms with Crippen LogP contribution in [-0.2, 0) is 0 Å². The van der Waals surface area contributed by atoms with Crippen molar-refractivity contribution >= 4 is 17.3 Å². The van der Waals surface area contributed by atoms with E-state index in [1.165, 1.54) is 18.2 Å². The minimum Gasteiger partial charge on any atom is -0.387 e. The monoisotopic (exact) mass is 313 g/mol. The number of nitro groups is 1. The van der Waals surface area contributed by atoms with E-state index in [-0.39, 0.29) is 23.1 Å². The van der Waals surface area contributed by atoms with E-state index >= 15 is 0 Å². The lowest BCUT2D eigenvalue weighted by Gasteiger charge is -2.14. The van der Waals surface area contributed by atoms with Gasteiger partial charge in [-0.05, 0) is 17.5 Å². The van der Waals surface area contributed by atoms with Crippen molar-refractivity contribution in [1.29, 1.82) is 0 Å². The molecule has 0 heterocycles. The van der Waals surface area contributed by atoms with E-state index in [9.17, 15) is 14.9 Å². The van der Waals surface area contributed by atoms with E-state index in [0.717, 1.165) is 5.56 Å². The van der Waals surface area contributed by atoms with Crippen LogP contribution in [0.2, 0.25) is 0 Å². The topological polar surface area (TPSA) is 84.3 Å². The number of rotatable bonds is 6. The molecule has 2 aromatic carbocycles. The maximum Gasteiger partial charge on any atom is 0.270 e. The SMILES string of the molecule is CNc1ccc([N+](=O)[O-])cc1C(=O)NCC(C)c1ccccc1. The third kappa shape index (κ3) is 4.06. The average Bonchev–Trinajstić information content (AvgIpc) is 2.59. The van der Waals surface area contributed by atoms with Crippen molar-refractivity contribution in [3.63, 3.8) is 0 Å². The lowest BCUT2D eigenvalue weighted by molar-refractivity contribution is -0.384. The highest BCUT2D eigenvalue weighted by Crippen LogP contribution is 2.22. The van der Waals surface area contributed by atoms with Crippen LogP contribution < -0.4 is 10.6 Å². The Kier molecular flexibility index (Phi) is 5.30. The lowest BCUT2D eigenvalue weighted by atomic mass is 10.0. The number of amides is 1. The molecule has 1 atom stereocenters. The summed E-state index contributed by atoms with van der Waals surface area (Å²) in [6.45, 7) is 2.47. The molecule has 2 N–H and O–H groups in total. The van der Waals surface area contributed by atoms with E-state index in [1.54, 1.807) is 7.05 Å². The molecule has 1 unspecified atom stereocenters. The van der Waals surface area contributed by atoms with Gasteiger partial charge in [0, 0.05) is 31.4 Å². The maximum atomic E-state index is 12.4. The van der Waals surface area contributed by atoms with Crippen LogP contribution >= 0.6 is 0 Å². The Labute approximate surface area is 134 Å². The molecule has 0 spiro atoms. The summed E-state index contributed by atoms with van der Waals surface area (Å²) in [4.78, 5) is 22.7. The predicted octanol–water partition coefficient (Wildman–Crippen LogP) is 3.17. The second kappa shape index (κ2) is 7.40. The fraction of sp³-hybridized carbons (Fsp3) is 0.235. The van der Waals surface area contributed by atoms with E-state index < -0.39 is 4.92 Å². The van der Waals surface area contributed by atoms with E-state index in [0.29, 0.717) is 12.2 Å². The number of benzene rings is 2. The zero-order chi connectivity index (χ0) is 16.8. The molecule has 0 aliphatic carbocycles. The molecule has 2 rings (SSSR count). The number of carbonyl (C=O) groups excluding carboxylic acids is 1. The second-order valence-electron chi connectivity index (χ2n) is 5.26. The lowest BCUT2D eigenvalue weighted by Crippen LogP contribution is -2.28. The summed E-state index contributed by atoms with van der Waals surface area (Å²) in [6, 6.07) is 14.0. The molecule has 23 heavy (non-hydrogen) atoms. The summed E-state index contributed by atoms with van der Waals surface area (Å²) in [6.07, 6.45) is 0. The number of hydrogen-bond donors (Lipinski definition) is 2. The highest BCUT2D eigenvalue weighted by atomic mass is 16.6. The first-order valence-electron chi connectivity index (χ1n) is 7.32. The molecule has 0 aliphatic heterocycles. The van der Waals surface area contributed by atoms with Crippen LogP contribution in [0.1, 0.15) is 28.8 Å². The van der Waals surface area contributed by atoms with Gasteiger partial charge in [-0.1, -0.05) is 37.3 Å². The summed E-state index contributed by atoms with van der Waals surface area (Å²) in [7, 11) is 1.67. The second-order valence-corrected chi connectivity index (χ2v) is 5.26. The van der Waals surface area contributed by atoms with Gasteiger partial charge >= 0.3 is 0 Å². The zero-order valence-electron chi connectivity index (χ0n) is 13.1. The quantitative estimate of drug-likeness (QED) is 0.633. The number of nitro benzene ring substituents is 1. The van der Waals surface area contributed by atoms with Crippen molar-refractivity contribution in [2.45, 2.75) is 12.8 Å². The fourth-order valence-corrected chi connectivity index (χ4v) is 2.29. The Morgan fingerprint density at radius 2 is 1.91 bits per heavy atom. The molecule has 0 aliphatic rings. The van der Waals surface area contributed by atoms with Crippen molar-refractivity contribution in [3.05, 3.63) is 69.8 Å². The molecular weight excluding hydrogens is 294 g/mol. The number of nitrogens with zero attached hydrogens (tertiary/aromatic N) is 1. The first-order chi connectivity index (χ1) is 11.0. The summed E-state index contributed by atoms with van der Waals surface area (Å²) < 4.78 is 0. The third-order valence-corrected chi connectivity index (χ3v) is 3.67. The molecule has 2 aromatic rings.